The molecule has 9 nitrogen and oxygen atoms in total. The van der Waals surface area contributed by atoms with Crippen LogP contribution in [0.2, 0.25) is 0 Å². The van der Waals surface area contributed by atoms with Gasteiger partial charge in [-0.3, -0.25) is 0 Å². The van der Waals surface area contributed by atoms with Gasteiger partial charge in [0, 0.05) is 39.3 Å². The molecule has 0 spiro atoms. The van der Waals surface area contributed by atoms with Crippen molar-refractivity contribution in [3.05, 3.63) is 36.2 Å². The number of rotatable bonds is 3. The molecular weight excluding hydrogens is 380 g/mol. The van der Waals surface area contributed by atoms with E-state index in [4.69, 9.17) is 0 Å². The molecule has 1 aliphatic heterocycles. The van der Waals surface area contributed by atoms with E-state index in [1.165, 1.54) is 15.3 Å². The molecule has 142 valence electrons. The van der Waals surface area contributed by atoms with Crippen LogP contribution >= 0.6 is 0 Å². The average Bonchev–Trinajstić information content (AvgIpc) is 3.03. The van der Waals surface area contributed by atoms with E-state index in [1.54, 1.807) is 7.05 Å². The number of benzene rings is 1. The van der Waals surface area contributed by atoms with Crippen LogP contribution in [0.4, 0.5) is 14.6 Å². The first-order chi connectivity index (χ1) is 12.9. The van der Waals surface area contributed by atoms with Crippen molar-refractivity contribution >= 4 is 27.0 Å². The van der Waals surface area contributed by atoms with Crippen LogP contribution in [0, 0.1) is 11.6 Å². The van der Waals surface area contributed by atoms with Gasteiger partial charge in [0.05, 0.1) is 0 Å². The summed E-state index contributed by atoms with van der Waals surface area (Å²) in [4.78, 5) is 9.72. The van der Waals surface area contributed by atoms with E-state index in [9.17, 15) is 17.2 Å². The summed E-state index contributed by atoms with van der Waals surface area (Å²) in [6.07, 6.45) is 1.40. The molecule has 3 aromatic rings. The van der Waals surface area contributed by atoms with Gasteiger partial charge >= 0.3 is 0 Å². The van der Waals surface area contributed by atoms with Crippen LogP contribution in [0.3, 0.4) is 0 Å². The molecule has 2 aromatic heterocycles. The van der Waals surface area contributed by atoms with E-state index in [2.05, 4.69) is 20.3 Å². The Labute approximate surface area is 153 Å². The third kappa shape index (κ3) is 3.00. The van der Waals surface area contributed by atoms with Crippen LogP contribution in [-0.2, 0) is 17.1 Å². The van der Waals surface area contributed by atoms with Crippen LogP contribution in [-0.4, -0.2) is 63.9 Å². The predicted octanol–water partition coefficient (Wildman–Crippen LogP) is 0.547. The molecule has 1 aliphatic rings. The van der Waals surface area contributed by atoms with Crippen molar-refractivity contribution in [2.75, 3.05) is 31.1 Å². The average molecular weight is 395 g/mol. The minimum atomic E-state index is -4.05. The van der Waals surface area contributed by atoms with Crippen LogP contribution in [0.1, 0.15) is 0 Å². The van der Waals surface area contributed by atoms with E-state index in [1.807, 2.05) is 4.90 Å². The molecule has 27 heavy (non-hydrogen) atoms. The SMILES string of the molecule is Cn1nnc2c(N3CCN(S(=O)(=O)c4ccc(F)cc4F)CC3)ncnc21. The number of fused-ring (bicyclic) bond motifs is 1. The quantitative estimate of drug-likeness (QED) is 0.639. The Morgan fingerprint density at radius 3 is 2.52 bits per heavy atom. The molecule has 0 amide bonds. The number of piperazine rings is 1. The van der Waals surface area contributed by atoms with Gasteiger partial charge in [0.15, 0.2) is 17.0 Å². The standard InChI is InChI=1S/C15H15F2N7O2S/c1-22-14-13(20-21-22)15(19-9-18-14)23-4-6-24(7-5-23)27(25,26)12-3-2-10(16)8-11(12)17/h2-3,8-9H,4-7H2,1H3. The van der Waals surface area contributed by atoms with Gasteiger partial charge in [-0.05, 0) is 12.1 Å². The number of halogens is 2. The fraction of sp³-hybridized carbons (Fsp3) is 0.333. The lowest BCUT2D eigenvalue weighted by atomic mass is 10.3. The maximum absolute atomic E-state index is 13.9. The summed E-state index contributed by atoms with van der Waals surface area (Å²) in [7, 11) is -2.34. The smallest absolute Gasteiger partial charge is 0.246 e. The van der Waals surface area contributed by atoms with Gasteiger partial charge in [-0.2, -0.15) is 4.31 Å². The number of hydrogen-bond acceptors (Lipinski definition) is 7. The van der Waals surface area contributed by atoms with E-state index < -0.39 is 26.6 Å². The van der Waals surface area contributed by atoms with Gasteiger partial charge in [-0.25, -0.2) is 31.8 Å². The van der Waals surface area contributed by atoms with Crippen molar-refractivity contribution in [3.63, 3.8) is 0 Å². The monoisotopic (exact) mass is 395 g/mol. The summed E-state index contributed by atoms with van der Waals surface area (Å²) in [5.74, 6) is -1.36. The zero-order valence-electron chi connectivity index (χ0n) is 14.2. The molecular formula is C15H15F2N7O2S. The van der Waals surface area contributed by atoms with E-state index >= 15 is 0 Å². The van der Waals surface area contributed by atoms with Crippen LogP contribution < -0.4 is 4.90 Å². The van der Waals surface area contributed by atoms with E-state index in [0.29, 0.717) is 36.1 Å². The molecule has 0 aliphatic carbocycles. The number of hydrogen-bond donors (Lipinski definition) is 0. The lowest BCUT2D eigenvalue weighted by Crippen LogP contribution is -2.49. The zero-order chi connectivity index (χ0) is 19.2. The third-order valence-corrected chi connectivity index (χ3v) is 6.35. The summed E-state index contributed by atoms with van der Waals surface area (Å²) in [6, 6.07) is 2.44. The molecule has 0 atom stereocenters. The lowest BCUT2D eigenvalue weighted by Gasteiger charge is -2.34. The van der Waals surface area contributed by atoms with Gasteiger partial charge in [0.2, 0.25) is 10.0 Å². The third-order valence-electron chi connectivity index (χ3n) is 4.42. The molecule has 1 saturated heterocycles. The fourth-order valence-corrected chi connectivity index (χ4v) is 4.50. The molecule has 0 unspecified atom stereocenters. The molecule has 0 N–H and O–H groups in total. The molecule has 0 radical (unpaired) electrons. The maximum atomic E-state index is 13.9. The highest BCUT2D eigenvalue weighted by atomic mass is 32.2. The van der Waals surface area contributed by atoms with Gasteiger partial charge in [0.25, 0.3) is 0 Å². The Kier molecular flexibility index (Phi) is 4.23. The second kappa shape index (κ2) is 6.46. The van der Waals surface area contributed by atoms with Crippen molar-refractivity contribution < 1.29 is 17.2 Å². The van der Waals surface area contributed by atoms with E-state index in [0.717, 1.165) is 12.1 Å². The molecule has 12 heteroatoms. The zero-order valence-corrected chi connectivity index (χ0v) is 15.1. The maximum Gasteiger partial charge on any atom is 0.246 e. The van der Waals surface area contributed by atoms with Crippen molar-refractivity contribution in [2.24, 2.45) is 7.05 Å². The van der Waals surface area contributed by atoms with Crippen LogP contribution in [0.15, 0.2) is 29.4 Å². The van der Waals surface area contributed by atoms with E-state index in [-0.39, 0.29) is 13.1 Å². The fourth-order valence-electron chi connectivity index (χ4n) is 3.04. The molecule has 1 aromatic carbocycles. The van der Waals surface area contributed by atoms with Crippen LogP contribution in [0.5, 0.6) is 0 Å². The van der Waals surface area contributed by atoms with Gasteiger partial charge < -0.3 is 4.90 Å². The highest BCUT2D eigenvalue weighted by Crippen LogP contribution is 2.25. The second-order valence-electron chi connectivity index (χ2n) is 6.05. The Hall–Kier alpha value is -2.73. The molecule has 0 bridgehead atoms. The number of aryl methyl sites for hydroxylation is 1. The van der Waals surface area contributed by atoms with Crippen molar-refractivity contribution in [1.82, 2.24) is 29.3 Å². The van der Waals surface area contributed by atoms with Crippen molar-refractivity contribution in [1.29, 1.82) is 0 Å². The van der Waals surface area contributed by atoms with Crippen molar-refractivity contribution in [3.8, 4) is 0 Å². The second-order valence-corrected chi connectivity index (χ2v) is 7.95. The topological polar surface area (TPSA) is 97.1 Å². The molecule has 1 fully saturated rings. The number of sulfonamides is 1. The Bertz CT molecular complexity index is 1110. The first-order valence-corrected chi connectivity index (χ1v) is 9.52. The normalized spacial score (nSPS) is 16.2. The number of aromatic nitrogens is 5. The molecule has 4 rings (SSSR count). The summed E-state index contributed by atoms with van der Waals surface area (Å²) < 4.78 is 55.0. The lowest BCUT2D eigenvalue weighted by molar-refractivity contribution is 0.381. The Morgan fingerprint density at radius 2 is 1.81 bits per heavy atom. The summed E-state index contributed by atoms with van der Waals surface area (Å²) >= 11 is 0. The van der Waals surface area contributed by atoms with Crippen LogP contribution in [0.25, 0.3) is 11.2 Å². The largest absolute Gasteiger partial charge is 0.352 e. The molecule has 3 heterocycles. The highest BCUT2D eigenvalue weighted by molar-refractivity contribution is 7.89. The number of nitrogens with zero attached hydrogens (tertiary/aromatic N) is 7. The first-order valence-electron chi connectivity index (χ1n) is 8.08. The number of anilines is 1. The summed E-state index contributed by atoms with van der Waals surface area (Å²) in [5.41, 5.74) is 1.10. The predicted molar refractivity (Wildman–Crippen MR) is 91.4 cm³/mol. The molecule has 0 saturated carbocycles. The minimum absolute atomic E-state index is 0.130. The van der Waals surface area contributed by atoms with Gasteiger partial charge in [0.1, 0.15) is 22.9 Å². The minimum Gasteiger partial charge on any atom is -0.352 e. The first kappa shape index (κ1) is 17.7. The van der Waals surface area contributed by atoms with Crippen molar-refractivity contribution in [2.45, 2.75) is 4.90 Å². The van der Waals surface area contributed by atoms with Gasteiger partial charge in [-0.1, -0.05) is 5.21 Å². The Morgan fingerprint density at radius 1 is 1.07 bits per heavy atom. The summed E-state index contributed by atoms with van der Waals surface area (Å²) in [6.45, 7) is 0.936. The Balaban J connectivity index is 1.56. The summed E-state index contributed by atoms with van der Waals surface area (Å²) in [5, 5.41) is 7.98. The highest BCUT2D eigenvalue weighted by Gasteiger charge is 2.32. The van der Waals surface area contributed by atoms with Gasteiger partial charge in [-0.15, -0.1) is 5.10 Å².